The van der Waals surface area contributed by atoms with Crippen molar-refractivity contribution in [2.45, 2.75) is 26.4 Å². The lowest BCUT2D eigenvalue weighted by Gasteiger charge is -2.20. The van der Waals surface area contributed by atoms with Crippen molar-refractivity contribution < 1.29 is 19.5 Å². The van der Waals surface area contributed by atoms with Gasteiger partial charge in [-0.15, -0.1) is 0 Å². The summed E-state index contributed by atoms with van der Waals surface area (Å²) < 4.78 is 5.06. The first-order valence-corrected chi connectivity index (χ1v) is 5.57. The molecule has 7 heteroatoms. The van der Waals surface area contributed by atoms with Crippen LogP contribution in [0.4, 0.5) is 16.2 Å². The Kier molecular flexibility index (Phi) is 4.34. The highest BCUT2D eigenvalue weighted by atomic mass is 16.6. The highest BCUT2D eigenvalue weighted by Gasteiger charge is 2.18. The molecule has 0 heterocycles. The Labute approximate surface area is 110 Å². The van der Waals surface area contributed by atoms with Crippen LogP contribution in [0.5, 0.6) is 0 Å². The number of nitrogens with one attached hydrogen (secondary N) is 2. The van der Waals surface area contributed by atoms with Crippen LogP contribution in [0.2, 0.25) is 0 Å². The third-order valence-electron chi connectivity index (χ3n) is 2.05. The Balaban J connectivity index is 2.98. The Morgan fingerprint density at radius 2 is 1.95 bits per heavy atom. The topological polar surface area (TPSA) is 114 Å². The van der Waals surface area contributed by atoms with Gasteiger partial charge in [0.25, 0.3) is 5.91 Å². The van der Waals surface area contributed by atoms with E-state index in [9.17, 15) is 9.59 Å². The molecule has 1 rings (SSSR count). The molecule has 0 aromatic heterocycles. The van der Waals surface area contributed by atoms with Crippen LogP contribution in [0.1, 0.15) is 31.1 Å². The first-order valence-electron chi connectivity index (χ1n) is 5.57. The minimum atomic E-state index is -0.718. The number of hydrogen-bond donors (Lipinski definition) is 4. The van der Waals surface area contributed by atoms with Crippen molar-refractivity contribution >= 4 is 23.4 Å². The van der Waals surface area contributed by atoms with Gasteiger partial charge in [0.2, 0.25) is 0 Å². The molecule has 0 saturated carbocycles. The van der Waals surface area contributed by atoms with Gasteiger partial charge in [-0.1, -0.05) is 0 Å². The summed E-state index contributed by atoms with van der Waals surface area (Å²) in [5, 5.41) is 11.2. The summed E-state index contributed by atoms with van der Waals surface area (Å²) in [6.07, 6.45) is -0.718. The van der Waals surface area contributed by atoms with Crippen LogP contribution in [-0.2, 0) is 4.74 Å². The Morgan fingerprint density at radius 3 is 2.42 bits per heavy atom. The molecule has 0 bridgehead atoms. The van der Waals surface area contributed by atoms with Crippen LogP contribution in [0.25, 0.3) is 0 Å². The fourth-order valence-corrected chi connectivity index (χ4v) is 1.35. The first-order chi connectivity index (χ1) is 8.73. The van der Waals surface area contributed by atoms with Gasteiger partial charge >= 0.3 is 6.09 Å². The van der Waals surface area contributed by atoms with Crippen LogP contribution in [-0.4, -0.2) is 22.8 Å². The van der Waals surface area contributed by atoms with Crippen molar-refractivity contribution in [3.05, 3.63) is 23.8 Å². The molecule has 7 nitrogen and oxygen atoms in total. The van der Waals surface area contributed by atoms with Crippen molar-refractivity contribution in [1.29, 1.82) is 0 Å². The normalized spacial score (nSPS) is 10.7. The Hall–Kier alpha value is -2.28. The fourth-order valence-electron chi connectivity index (χ4n) is 1.35. The number of rotatable bonds is 3. The second-order valence-electron chi connectivity index (χ2n) is 4.86. The Morgan fingerprint density at radius 1 is 1.32 bits per heavy atom. The molecule has 104 valence electrons. The predicted molar refractivity (Wildman–Crippen MR) is 70.2 cm³/mol. The number of hydrogen-bond acceptors (Lipinski definition) is 5. The van der Waals surface area contributed by atoms with E-state index in [0.29, 0.717) is 5.69 Å². The molecule has 19 heavy (non-hydrogen) atoms. The molecule has 0 unspecified atom stereocenters. The molecular formula is C12H17N3O4. The van der Waals surface area contributed by atoms with Crippen LogP contribution in [0.15, 0.2) is 18.2 Å². The van der Waals surface area contributed by atoms with Gasteiger partial charge < -0.3 is 10.5 Å². The maximum absolute atomic E-state index is 11.6. The molecule has 0 radical (unpaired) electrons. The third kappa shape index (κ3) is 4.47. The largest absolute Gasteiger partial charge is 0.444 e. The maximum atomic E-state index is 11.6. The van der Waals surface area contributed by atoms with Crippen LogP contribution >= 0.6 is 0 Å². The van der Waals surface area contributed by atoms with Gasteiger partial charge in [0.1, 0.15) is 5.60 Å². The molecule has 5 N–H and O–H groups in total. The summed E-state index contributed by atoms with van der Waals surface area (Å²) in [5.74, 6) is -0.699. The molecule has 0 aliphatic heterocycles. The molecule has 0 spiro atoms. The number of ether oxygens (including phenoxy) is 1. The van der Waals surface area contributed by atoms with Crippen LogP contribution in [0, 0.1) is 0 Å². The van der Waals surface area contributed by atoms with E-state index in [4.69, 9.17) is 15.7 Å². The summed E-state index contributed by atoms with van der Waals surface area (Å²) in [6.45, 7) is 5.15. The van der Waals surface area contributed by atoms with E-state index >= 15 is 0 Å². The average molecular weight is 267 g/mol. The molecular weight excluding hydrogens is 250 g/mol. The second kappa shape index (κ2) is 5.57. The highest BCUT2D eigenvalue weighted by Crippen LogP contribution is 2.21. The van der Waals surface area contributed by atoms with E-state index in [0.717, 1.165) is 0 Å². The van der Waals surface area contributed by atoms with Gasteiger partial charge in [-0.25, -0.2) is 4.79 Å². The van der Waals surface area contributed by atoms with Crippen molar-refractivity contribution in [2.24, 2.45) is 5.73 Å². The summed E-state index contributed by atoms with van der Waals surface area (Å²) in [5.41, 5.74) is 7.01. The zero-order chi connectivity index (χ0) is 14.6. The van der Waals surface area contributed by atoms with Gasteiger partial charge in [0.05, 0.1) is 16.9 Å². The van der Waals surface area contributed by atoms with E-state index in [-0.39, 0.29) is 11.3 Å². The van der Waals surface area contributed by atoms with Crippen LogP contribution in [0.3, 0.4) is 0 Å². The summed E-state index contributed by atoms with van der Waals surface area (Å²) in [4.78, 5) is 22.9. The van der Waals surface area contributed by atoms with Crippen LogP contribution < -0.4 is 16.5 Å². The third-order valence-corrected chi connectivity index (χ3v) is 2.05. The lowest BCUT2D eigenvalue weighted by molar-refractivity contribution is 0.0636. The van der Waals surface area contributed by atoms with Crippen molar-refractivity contribution in [3.63, 3.8) is 0 Å². The number of carbonyl (C=O) groups excluding carboxylic acids is 2. The number of benzene rings is 1. The highest BCUT2D eigenvalue weighted by molar-refractivity contribution is 6.02. The molecule has 0 aliphatic carbocycles. The lowest BCUT2D eigenvalue weighted by atomic mass is 10.1. The van der Waals surface area contributed by atoms with E-state index in [1.165, 1.54) is 18.2 Å². The molecule has 0 fully saturated rings. The zero-order valence-corrected chi connectivity index (χ0v) is 11.0. The van der Waals surface area contributed by atoms with E-state index in [1.807, 2.05) is 5.48 Å². The van der Waals surface area contributed by atoms with Gasteiger partial charge in [-0.05, 0) is 39.0 Å². The Bertz CT molecular complexity index is 494. The standard InChI is InChI=1S/C12H17N3O4/c1-12(2,3)19-11(17)14-9-6-7(15-18)4-5-8(9)10(13)16/h4-6,15,18H,1-3H3,(H2,13,16)(H,14,17). The monoisotopic (exact) mass is 267 g/mol. The van der Waals surface area contributed by atoms with E-state index < -0.39 is 17.6 Å². The first kappa shape index (κ1) is 14.8. The van der Waals surface area contributed by atoms with Gasteiger partial charge in [0, 0.05) is 0 Å². The van der Waals surface area contributed by atoms with Gasteiger partial charge in [-0.3, -0.25) is 20.8 Å². The molecule has 0 saturated heterocycles. The molecule has 0 atom stereocenters. The number of carbonyl (C=O) groups is 2. The molecule has 1 aromatic carbocycles. The zero-order valence-electron chi connectivity index (χ0n) is 11.0. The van der Waals surface area contributed by atoms with Gasteiger partial charge in [-0.2, -0.15) is 0 Å². The van der Waals surface area contributed by atoms with E-state index in [1.54, 1.807) is 20.8 Å². The van der Waals surface area contributed by atoms with Gasteiger partial charge in [0.15, 0.2) is 0 Å². The van der Waals surface area contributed by atoms with Crippen molar-refractivity contribution in [2.75, 3.05) is 10.8 Å². The number of anilines is 2. The summed E-state index contributed by atoms with van der Waals surface area (Å²) in [6, 6.07) is 4.19. The maximum Gasteiger partial charge on any atom is 0.412 e. The molecule has 2 amide bonds. The summed E-state index contributed by atoms with van der Waals surface area (Å²) >= 11 is 0. The number of amides is 2. The average Bonchev–Trinajstić information content (AvgIpc) is 2.25. The minimum Gasteiger partial charge on any atom is -0.444 e. The fraction of sp³-hybridized carbons (Fsp3) is 0.333. The van der Waals surface area contributed by atoms with E-state index in [2.05, 4.69) is 5.32 Å². The minimum absolute atomic E-state index is 0.116. The smallest absolute Gasteiger partial charge is 0.412 e. The second-order valence-corrected chi connectivity index (χ2v) is 4.86. The lowest BCUT2D eigenvalue weighted by Crippen LogP contribution is -2.28. The summed E-state index contributed by atoms with van der Waals surface area (Å²) in [7, 11) is 0. The number of primary amides is 1. The number of nitrogens with two attached hydrogens (primary N) is 1. The molecule has 0 aliphatic rings. The van der Waals surface area contributed by atoms with Crippen molar-refractivity contribution in [3.8, 4) is 0 Å². The molecule has 1 aromatic rings. The quantitative estimate of drug-likeness (QED) is 0.625. The SMILES string of the molecule is CC(C)(C)OC(=O)Nc1cc(NO)ccc1C(N)=O. The predicted octanol–water partition coefficient (Wildman–Crippen LogP) is 1.93. The van der Waals surface area contributed by atoms with Crippen molar-refractivity contribution in [1.82, 2.24) is 0 Å².